The SMILES string of the molecule is O=C(O)c1cnc(N2CCN(C3CCP3)CC2)s1. The van der Waals surface area contributed by atoms with Gasteiger partial charge in [-0.15, -0.1) is 8.58 Å². The highest BCUT2D eigenvalue weighted by atomic mass is 32.1. The van der Waals surface area contributed by atoms with E-state index < -0.39 is 5.97 Å². The van der Waals surface area contributed by atoms with E-state index in [1.54, 1.807) is 0 Å². The molecular weight excluding hydrogens is 269 g/mol. The Morgan fingerprint density at radius 3 is 2.67 bits per heavy atom. The summed E-state index contributed by atoms with van der Waals surface area (Å²) < 4.78 is 0. The zero-order chi connectivity index (χ0) is 12.5. The van der Waals surface area contributed by atoms with Crippen molar-refractivity contribution in [2.45, 2.75) is 12.2 Å². The molecule has 2 aliphatic heterocycles. The Morgan fingerprint density at radius 1 is 1.44 bits per heavy atom. The van der Waals surface area contributed by atoms with E-state index >= 15 is 0 Å². The fraction of sp³-hybridized carbons (Fsp3) is 0.636. The van der Waals surface area contributed by atoms with Crippen LogP contribution in [0.4, 0.5) is 5.13 Å². The molecule has 2 saturated heterocycles. The number of carboxylic acids is 1. The average molecular weight is 285 g/mol. The topological polar surface area (TPSA) is 56.7 Å². The van der Waals surface area contributed by atoms with E-state index in [-0.39, 0.29) is 0 Å². The molecule has 7 heteroatoms. The molecule has 0 aromatic carbocycles. The molecule has 1 aromatic rings. The minimum atomic E-state index is -0.881. The maximum Gasteiger partial charge on any atom is 0.347 e. The van der Waals surface area contributed by atoms with Gasteiger partial charge in [-0.05, 0) is 12.6 Å². The molecule has 0 radical (unpaired) electrons. The molecule has 0 amide bonds. The third-order valence-electron chi connectivity index (χ3n) is 3.53. The number of hydrogen-bond acceptors (Lipinski definition) is 5. The highest BCUT2D eigenvalue weighted by molar-refractivity contribution is 7.40. The summed E-state index contributed by atoms with van der Waals surface area (Å²) in [6, 6.07) is 0. The number of hydrogen-bond donors (Lipinski definition) is 1. The van der Waals surface area contributed by atoms with Crippen molar-refractivity contribution in [3.8, 4) is 0 Å². The molecule has 0 aliphatic carbocycles. The van der Waals surface area contributed by atoms with Gasteiger partial charge in [0, 0.05) is 32.0 Å². The number of carbonyl (C=O) groups is 1. The Kier molecular flexibility index (Phi) is 3.50. The Labute approximate surface area is 112 Å². The normalized spacial score (nSPS) is 26.2. The summed E-state index contributed by atoms with van der Waals surface area (Å²) in [5.74, 6) is -0.0499. The van der Waals surface area contributed by atoms with Crippen LogP contribution in [0.3, 0.4) is 0 Å². The van der Waals surface area contributed by atoms with Gasteiger partial charge in [0.05, 0.1) is 6.20 Å². The van der Waals surface area contributed by atoms with Gasteiger partial charge in [0.25, 0.3) is 0 Å². The fourth-order valence-corrected chi connectivity index (χ4v) is 4.19. The average Bonchev–Trinajstić information content (AvgIpc) is 2.77. The van der Waals surface area contributed by atoms with Crippen LogP contribution in [-0.4, -0.2) is 59.1 Å². The molecule has 18 heavy (non-hydrogen) atoms. The Bertz CT molecular complexity index is 441. The van der Waals surface area contributed by atoms with Crippen molar-refractivity contribution in [3.63, 3.8) is 0 Å². The number of thiazole rings is 1. The lowest BCUT2D eigenvalue weighted by atomic mass is 10.3. The number of nitrogens with zero attached hydrogens (tertiary/aromatic N) is 3. The Morgan fingerprint density at radius 2 is 2.17 bits per heavy atom. The molecule has 0 saturated carbocycles. The van der Waals surface area contributed by atoms with Crippen LogP contribution >= 0.6 is 19.9 Å². The Hall–Kier alpha value is -0.710. The van der Waals surface area contributed by atoms with Gasteiger partial charge in [0.1, 0.15) is 4.88 Å². The molecule has 2 aliphatic rings. The Balaban J connectivity index is 1.59. The van der Waals surface area contributed by atoms with Gasteiger partial charge in [-0.3, -0.25) is 4.90 Å². The van der Waals surface area contributed by atoms with Crippen LogP contribution in [-0.2, 0) is 0 Å². The molecule has 1 N–H and O–H groups in total. The summed E-state index contributed by atoms with van der Waals surface area (Å²) in [5, 5.41) is 9.75. The second-order valence-corrected chi connectivity index (χ2v) is 7.18. The lowest BCUT2D eigenvalue weighted by Gasteiger charge is -2.42. The van der Waals surface area contributed by atoms with Crippen LogP contribution in [0.1, 0.15) is 16.1 Å². The van der Waals surface area contributed by atoms with Gasteiger partial charge in [-0.2, -0.15) is 0 Å². The zero-order valence-corrected chi connectivity index (χ0v) is 11.8. The summed E-state index contributed by atoms with van der Waals surface area (Å²) in [6.45, 7) is 4.10. The van der Waals surface area contributed by atoms with E-state index in [1.807, 2.05) is 0 Å². The molecule has 3 heterocycles. The van der Waals surface area contributed by atoms with E-state index in [9.17, 15) is 4.79 Å². The lowest BCUT2D eigenvalue weighted by molar-refractivity contribution is 0.0702. The van der Waals surface area contributed by atoms with Crippen molar-refractivity contribution in [1.29, 1.82) is 0 Å². The van der Waals surface area contributed by atoms with Crippen LogP contribution in [0.2, 0.25) is 0 Å². The molecule has 5 nitrogen and oxygen atoms in total. The molecule has 3 rings (SSSR count). The number of piperazine rings is 1. The van der Waals surface area contributed by atoms with E-state index in [2.05, 4.69) is 14.8 Å². The van der Waals surface area contributed by atoms with E-state index in [1.165, 1.54) is 30.1 Å². The van der Waals surface area contributed by atoms with Gasteiger partial charge in [0.2, 0.25) is 0 Å². The summed E-state index contributed by atoms with van der Waals surface area (Å²) in [6.07, 6.45) is 4.22. The van der Waals surface area contributed by atoms with Crippen LogP contribution < -0.4 is 4.90 Å². The fourth-order valence-electron chi connectivity index (χ4n) is 2.32. The molecule has 1 aromatic heterocycles. The number of anilines is 1. The van der Waals surface area contributed by atoms with Crippen molar-refractivity contribution in [3.05, 3.63) is 11.1 Å². The number of rotatable bonds is 3. The monoisotopic (exact) mass is 285 g/mol. The first kappa shape index (κ1) is 12.3. The summed E-state index contributed by atoms with van der Waals surface area (Å²) in [5.41, 5.74) is 0. The summed E-state index contributed by atoms with van der Waals surface area (Å²) in [4.78, 5) is 20.1. The molecule has 0 bridgehead atoms. The van der Waals surface area contributed by atoms with Gasteiger partial charge in [0.15, 0.2) is 5.13 Å². The third kappa shape index (κ3) is 2.37. The maximum absolute atomic E-state index is 10.8. The lowest BCUT2D eigenvalue weighted by Crippen LogP contribution is -2.51. The molecule has 98 valence electrons. The van der Waals surface area contributed by atoms with Crippen molar-refractivity contribution >= 4 is 31.0 Å². The molecule has 2 fully saturated rings. The van der Waals surface area contributed by atoms with Crippen molar-refractivity contribution in [1.82, 2.24) is 9.88 Å². The highest BCUT2D eigenvalue weighted by Gasteiger charge is 2.28. The first-order chi connectivity index (χ1) is 8.74. The first-order valence-electron chi connectivity index (χ1n) is 6.15. The van der Waals surface area contributed by atoms with Crippen molar-refractivity contribution in [2.24, 2.45) is 0 Å². The van der Waals surface area contributed by atoms with Gasteiger partial charge >= 0.3 is 5.97 Å². The van der Waals surface area contributed by atoms with Crippen LogP contribution in [0, 0.1) is 0 Å². The standard InChI is InChI=1S/C11H16N3O2PS/c15-10(16)8-7-12-11(18-8)14-4-2-13(3-5-14)9-1-6-17-9/h7,9,17H,1-6H2,(H,15,16). The van der Waals surface area contributed by atoms with Gasteiger partial charge in [-0.1, -0.05) is 11.3 Å². The quantitative estimate of drug-likeness (QED) is 0.850. The van der Waals surface area contributed by atoms with Crippen LogP contribution in [0.15, 0.2) is 6.20 Å². The summed E-state index contributed by atoms with van der Waals surface area (Å²) >= 11 is 1.28. The van der Waals surface area contributed by atoms with Gasteiger partial charge in [-0.25, -0.2) is 9.78 Å². The summed E-state index contributed by atoms with van der Waals surface area (Å²) in [7, 11) is 1.12. The predicted octanol–water partition coefficient (Wildman–Crippen LogP) is 1.37. The van der Waals surface area contributed by atoms with E-state index in [4.69, 9.17) is 5.11 Å². The largest absolute Gasteiger partial charge is 0.477 e. The molecule has 2 unspecified atom stereocenters. The number of carboxylic acid groups (broad SMARTS) is 1. The van der Waals surface area contributed by atoms with Crippen LogP contribution in [0.25, 0.3) is 0 Å². The van der Waals surface area contributed by atoms with Crippen LogP contribution in [0.5, 0.6) is 0 Å². The third-order valence-corrected chi connectivity index (χ3v) is 6.28. The van der Waals surface area contributed by atoms with Crippen molar-refractivity contribution in [2.75, 3.05) is 37.2 Å². The zero-order valence-electron chi connectivity index (χ0n) is 10.0. The minimum absolute atomic E-state index is 0.327. The smallest absolute Gasteiger partial charge is 0.347 e. The van der Waals surface area contributed by atoms with E-state index in [0.29, 0.717) is 4.88 Å². The van der Waals surface area contributed by atoms with E-state index in [0.717, 1.165) is 45.7 Å². The first-order valence-corrected chi connectivity index (χ1v) is 8.25. The molecular formula is C11H16N3O2PS. The number of aromatic nitrogens is 1. The number of aromatic carboxylic acids is 1. The molecule has 0 spiro atoms. The molecule has 2 atom stereocenters. The maximum atomic E-state index is 10.8. The second-order valence-electron chi connectivity index (χ2n) is 4.59. The second kappa shape index (κ2) is 5.11. The minimum Gasteiger partial charge on any atom is -0.477 e. The van der Waals surface area contributed by atoms with Gasteiger partial charge < -0.3 is 10.0 Å². The van der Waals surface area contributed by atoms with Crippen molar-refractivity contribution < 1.29 is 9.90 Å². The highest BCUT2D eigenvalue weighted by Crippen LogP contribution is 2.38. The predicted molar refractivity (Wildman–Crippen MR) is 74.4 cm³/mol.